The molecule has 0 bridgehead atoms. The summed E-state index contributed by atoms with van der Waals surface area (Å²) in [6.07, 6.45) is 0. The minimum atomic E-state index is -0.107. The Hall–Kier alpha value is -2.75. The van der Waals surface area contributed by atoms with Gasteiger partial charge in [0.25, 0.3) is 0 Å². The van der Waals surface area contributed by atoms with E-state index >= 15 is 0 Å². The maximum atomic E-state index is 12.2. The molecule has 4 nitrogen and oxygen atoms in total. The van der Waals surface area contributed by atoms with Gasteiger partial charge < -0.3 is 14.9 Å². The van der Waals surface area contributed by atoms with Crippen LogP contribution < -0.4 is 15.9 Å². The summed E-state index contributed by atoms with van der Waals surface area (Å²) in [6, 6.07) is 12.3. The number of nitrogen functional groups attached to an aromatic ring is 1. The summed E-state index contributed by atoms with van der Waals surface area (Å²) in [4.78, 5) is 12.2. The van der Waals surface area contributed by atoms with Gasteiger partial charge in [0.05, 0.1) is 12.5 Å². The van der Waals surface area contributed by atoms with Crippen LogP contribution in [-0.4, -0.2) is 7.11 Å². The van der Waals surface area contributed by atoms with Crippen LogP contribution in [0.5, 0.6) is 5.75 Å². The molecule has 3 rings (SSSR count). The molecule has 0 amide bonds. The van der Waals surface area contributed by atoms with Crippen molar-refractivity contribution in [3.8, 4) is 17.1 Å². The highest BCUT2D eigenvalue weighted by atomic mass is 16.5. The quantitative estimate of drug-likeness (QED) is 0.731. The van der Waals surface area contributed by atoms with Gasteiger partial charge in [-0.05, 0) is 36.8 Å². The van der Waals surface area contributed by atoms with Crippen LogP contribution in [0.25, 0.3) is 22.3 Å². The molecule has 21 heavy (non-hydrogen) atoms. The fourth-order valence-electron chi connectivity index (χ4n) is 2.20. The molecule has 4 heteroatoms. The number of hydrogen-bond acceptors (Lipinski definition) is 4. The predicted octanol–water partition coefficient (Wildman–Crippen LogP) is 3.36. The van der Waals surface area contributed by atoms with Crippen molar-refractivity contribution in [2.45, 2.75) is 6.92 Å². The van der Waals surface area contributed by atoms with Crippen LogP contribution in [0.2, 0.25) is 0 Å². The molecule has 2 N–H and O–H groups in total. The fraction of sp³-hybridized carbons (Fsp3) is 0.118. The summed E-state index contributed by atoms with van der Waals surface area (Å²) in [5, 5.41) is 0.498. The first-order chi connectivity index (χ1) is 10.1. The van der Waals surface area contributed by atoms with E-state index in [1.807, 2.05) is 25.1 Å². The lowest BCUT2D eigenvalue weighted by Crippen LogP contribution is -2.01. The molecule has 0 atom stereocenters. The van der Waals surface area contributed by atoms with Crippen molar-refractivity contribution < 1.29 is 9.15 Å². The van der Waals surface area contributed by atoms with E-state index in [4.69, 9.17) is 14.9 Å². The zero-order valence-corrected chi connectivity index (χ0v) is 11.8. The van der Waals surface area contributed by atoms with Crippen LogP contribution in [0.15, 0.2) is 51.7 Å². The van der Waals surface area contributed by atoms with Crippen molar-refractivity contribution >= 4 is 16.7 Å². The highest BCUT2D eigenvalue weighted by molar-refractivity contribution is 5.80. The number of benzene rings is 2. The van der Waals surface area contributed by atoms with Gasteiger partial charge in [-0.25, -0.2) is 0 Å². The third-order valence-electron chi connectivity index (χ3n) is 3.50. The highest BCUT2D eigenvalue weighted by Crippen LogP contribution is 2.26. The number of methoxy groups -OCH3 is 1. The van der Waals surface area contributed by atoms with E-state index in [1.54, 1.807) is 25.3 Å². The molecule has 0 aliphatic rings. The van der Waals surface area contributed by atoms with Crippen molar-refractivity contribution in [1.29, 1.82) is 0 Å². The summed E-state index contributed by atoms with van der Waals surface area (Å²) in [7, 11) is 1.56. The van der Waals surface area contributed by atoms with Gasteiger partial charge in [-0.1, -0.05) is 12.1 Å². The maximum absolute atomic E-state index is 12.2. The van der Waals surface area contributed by atoms with E-state index in [0.717, 1.165) is 11.1 Å². The molecule has 0 spiro atoms. The van der Waals surface area contributed by atoms with Gasteiger partial charge >= 0.3 is 0 Å². The molecule has 3 aromatic rings. The van der Waals surface area contributed by atoms with Crippen molar-refractivity contribution in [2.24, 2.45) is 0 Å². The number of anilines is 1. The lowest BCUT2D eigenvalue weighted by molar-refractivity contribution is 0.415. The zero-order chi connectivity index (χ0) is 15.0. The Morgan fingerprint density at radius 3 is 2.62 bits per heavy atom. The first kappa shape index (κ1) is 13.2. The minimum Gasteiger partial charge on any atom is -0.497 e. The van der Waals surface area contributed by atoms with Gasteiger partial charge in [0, 0.05) is 17.3 Å². The average Bonchev–Trinajstić information content (AvgIpc) is 2.49. The monoisotopic (exact) mass is 281 g/mol. The molecule has 0 aliphatic carbocycles. The number of ether oxygens (including phenoxy) is 1. The Balaban J connectivity index is 2.20. The molecule has 1 aromatic heterocycles. The van der Waals surface area contributed by atoms with Crippen LogP contribution in [0.3, 0.4) is 0 Å². The third-order valence-corrected chi connectivity index (χ3v) is 3.50. The van der Waals surface area contributed by atoms with Gasteiger partial charge in [-0.2, -0.15) is 0 Å². The second kappa shape index (κ2) is 4.98. The van der Waals surface area contributed by atoms with Gasteiger partial charge in [-0.15, -0.1) is 0 Å². The van der Waals surface area contributed by atoms with Crippen molar-refractivity contribution in [3.05, 3.63) is 58.3 Å². The van der Waals surface area contributed by atoms with Gasteiger partial charge in [0.1, 0.15) is 17.1 Å². The first-order valence-corrected chi connectivity index (χ1v) is 6.57. The molecule has 0 saturated carbocycles. The van der Waals surface area contributed by atoms with Crippen LogP contribution in [0.4, 0.5) is 5.69 Å². The van der Waals surface area contributed by atoms with E-state index in [1.165, 1.54) is 6.07 Å². The van der Waals surface area contributed by atoms with Crippen LogP contribution in [0.1, 0.15) is 5.56 Å². The molecule has 2 aromatic carbocycles. The van der Waals surface area contributed by atoms with E-state index in [-0.39, 0.29) is 5.43 Å². The second-order valence-electron chi connectivity index (χ2n) is 4.91. The summed E-state index contributed by atoms with van der Waals surface area (Å²) >= 11 is 0. The van der Waals surface area contributed by atoms with E-state index in [0.29, 0.717) is 28.2 Å². The molecule has 0 fully saturated rings. The molecule has 1 heterocycles. The molecule has 0 aliphatic heterocycles. The van der Waals surface area contributed by atoms with Crippen molar-refractivity contribution in [2.75, 3.05) is 12.8 Å². The Labute approximate surface area is 121 Å². The summed E-state index contributed by atoms with van der Waals surface area (Å²) in [5.41, 5.74) is 8.78. The minimum absolute atomic E-state index is 0.107. The second-order valence-corrected chi connectivity index (χ2v) is 4.91. The molecular weight excluding hydrogens is 266 g/mol. The standard InChI is InChI=1S/C17H15NO3/c1-10-3-4-11(7-14(10)18)17-9-15(19)13-8-12(20-2)5-6-16(13)21-17/h3-9H,18H2,1-2H3. The molecule has 0 saturated heterocycles. The SMILES string of the molecule is COc1ccc2oc(-c3ccc(C)c(N)c3)cc(=O)c2c1. The number of aryl methyl sites for hydroxylation is 1. The van der Waals surface area contributed by atoms with Crippen LogP contribution in [0, 0.1) is 6.92 Å². The summed E-state index contributed by atoms with van der Waals surface area (Å²) in [5.74, 6) is 1.13. The lowest BCUT2D eigenvalue weighted by Gasteiger charge is -2.06. The Kier molecular flexibility index (Phi) is 3.14. The molecule has 106 valence electrons. The predicted molar refractivity (Wildman–Crippen MR) is 83.6 cm³/mol. The van der Waals surface area contributed by atoms with Gasteiger partial charge in [-0.3, -0.25) is 4.79 Å². The Bertz CT molecular complexity index is 881. The van der Waals surface area contributed by atoms with E-state index in [9.17, 15) is 4.79 Å². The first-order valence-electron chi connectivity index (χ1n) is 6.57. The zero-order valence-electron chi connectivity index (χ0n) is 11.8. The summed E-state index contributed by atoms with van der Waals surface area (Å²) in [6.45, 7) is 1.93. The van der Waals surface area contributed by atoms with E-state index in [2.05, 4.69) is 0 Å². The van der Waals surface area contributed by atoms with Crippen molar-refractivity contribution in [1.82, 2.24) is 0 Å². The molecule has 0 radical (unpaired) electrons. The average molecular weight is 281 g/mol. The maximum Gasteiger partial charge on any atom is 0.193 e. The topological polar surface area (TPSA) is 65.5 Å². The van der Waals surface area contributed by atoms with Crippen LogP contribution >= 0.6 is 0 Å². The smallest absolute Gasteiger partial charge is 0.193 e. The molecule has 0 unspecified atom stereocenters. The number of rotatable bonds is 2. The number of hydrogen-bond donors (Lipinski definition) is 1. The number of fused-ring (bicyclic) bond motifs is 1. The Morgan fingerprint density at radius 2 is 1.90 bits per heavy atom. The third kappa shape index (κ3) is 2.36. The highest BCUT2D eigenvalue weighted by Gasteiger charge is 2.09. The van der Waals surface area contributed by atoms with Crippen LogP contribution in [-0.2, 0) is 0 Å². The Morgan fingerprint density at radius 1 is 1.10 bits per heavy atom. The molecular formula is C17H15NO3. The number of nitrogens with two attached hydrogens (primary N) is 1. The van der Waals surface area contributed by atoms with Gasteiger partial charge in [0.15, 0.2) is 5.43 Å². The summed E-state index contributed by atoms with van der Waals surface area (Å²) < 4.78 is 10.9. The largest absolute Gasteiger partial charge is 0.497 e. The fourth-order valence-corrected chi connectivity index (χ4v) is 2.20. The van der Waals surface area contributed by atoms with E-state index < -0.39 is 0 Å². The van der Waals surface area contributed by atoms with Gasteiger partial charge in [0.2, 0.25) is 0 Å². The van der Waals surface area contributed by atoms with Crippen molar-refractivity contribution in [3.63, 3.8) is 0 Å². The lowest BCUT2D eigenvalue weighted by atomic mass is 10.1. The normalized spacial score (nSPS) is 10.8.